The molecule has 1 N–H and O–H groups in total. The zero-order valence-corrected chi connectivity index (χ0v) is 10.9. The summed E-state index contributed by atoms with van der Waals surface area (Å²) in [5.41, 5.74) is 1.27. The minimum absolute atomic E-state index is 0.141. The summed E-state index contributed by atoms with van der Waals surface area (Å²) < 4.78 is 1.72. The average Bonchev–Trinajstić information content (AvgIpc) is 2.48. The molecule has 1 aromatic rings. The summed E-state index contributed by atoms with van der Waals surface area (Å²) in [7, 11) is 0. The standard InChI is InChI=1S/C11H20N4O2/c1-8(2)12-6-5-7-14-10(4)11(15(16)17)9(3)13-14/h8,12H,5-7H2,1-4H3. The molecule has 0 unspecified atom stereocenters. The first-order chi connectivity index (χ1) is 7.93. The lowest BCUT2D eigenvalue weighted by molar-refractivity contribution is -0.386. The van der Waals surface area contributed by atoms with E-state index in [-0.39, 0.29) is 10.6 Å². The highest BCUT2D eigenvalue weighted by Gasteiger charge is 2.21. The maximum absolute atomic E-state index is 10.8. The van der Waals surface area contributed by atoms with Crippen LogP contribution < -0.4 is 5.32 Å². The Balaban J connectivity index is 2.61. The number of nitro groups is 1. The van der Waals surface area contributed by atoms with Crippen LogP contribution in [0.2, 0.25) is 0 Å². The van der Waals surface area contributed by atoms with E-state index in [0.29, 0.717) is 24.0 Å². The van der Waals surface area contributed by atoms with Crippen LogP contribution in [0.25, 0.3) is 0 Å². The Morgan fingerprint density at radius 2 is 2.12 bits per heavy atom. The topological polar surface area (TPSA) is 73.0 Å². The molecule has 1 rings (SSSR count). The lowest BCUT2D eigenvalue weighted by atomic mass is 10.3. The van der Waals surface area contributed by atoms with Crippen molar-refractivity contribution in [3.63, 3.8) is 0 Å². The van der Waals surface area contributed by atoms with Crippen molar-refractivity contribution in [2.75, 3.05) is 6.54 Å². The fraction of sp³-hybridized carbons (Fsp3) is 0.727. The van der Waals surface area contributed by atoms with Gasteiger partial charge >= 0.3 is 5.69 Å². The van der Waals surface area contributed by atoms with Crippen molar-refractivity contribution < 1.29 is 4.92 Å². The molecule has 0 radical (unpaired) electrons. The monoisotopic (exact) mass is 240 g/mol. The summed E-state index contributed by atoms with van der Waals surface area (Å²) in [5.74, 6) is 0. The van der Waals surface area contributed by atoms with Crippen LogP contribution in [-0.4, -0.2) is 27.3 Å². The Hall–Kier alpha value is -1.43. The summed E-state index contributed by atoms with van der Waals surface area (Å²) >= 11 is 0. The van der Waals surface area contributed by atoms with Gasteiger partial charge in [-0.1, -0.05) is 13.8 Å². The largest absolute Gasteiger partial charge is 0.314 e. The highest BCUT2D eigenvalue weighted by atomic mass is 16.6. The van der Waals surface area contributed by atoms with Crippen LogP contribution in [0.15, 0.2) is 0 Å². The number of hydrogen-bond donors (Lipinski definition) is 1. The normalized spacial score (nSPS) is 11.1. The molecule has 96 valence electrons. The lowest BCUT2D eigenvalue weighted by Gasteiger charge is -2.08. The maximum atomic E-state index is 10.8. The second-order valence-corrected chi connectivity index (χ2v) is 4.46. The van der Waals surface area contributed by atoms with Gasteiger partial charge in [-0.05, 0) is 26.8 Å². The minimum Gasteiger partial charge on any atom is -0.314 e. The van der Waals surface area contributed by atoms with E-state index in [1.165, 1.54) is 0 Å². The summed E-state index contributed by atoms with van der Waals surface area (Å²) in [6.45, 7) is 9.20. The molecule has 1 heterocycles. The highest BCUT2D eigenvalue weighted by molar-refractivity contribution is 5.39. The number of nitrogens with zero attached hydrogens (tertiary/aromatic N) is 3. The van der Waals surface area contributed by atoms with Crippen LogP contribution in [0.4, 0.5) is 5.69 Å². The molecule has 17 heavy (non-hydrogen) atoms. The van der Waals surface area contributed by atoms with Crippen molar-refractivity contribution in [1.82, 2.24) is 15.1 Å². The number of rotatable bonds is 6. The van der Waals surface area contributed by atoms with E-state index in [1.807, 2.05) is 0 Å². The Morgan fingerprint density at radius 1 is 1.47 bits per heavy atom. The van der Waals surface area contributed by atoms with Gasteiger partial charge in [0, 0.05) is 12.6 Å². The van der Waals surface area contributed by atoms with Crippen molar-refractivity contribution in [2.45, 2.75) is 46.7 Å². The van der Waals surface area contributed by atoms with E-state index in [2.05, 4.69) is 24.3 Å². The second-order valence-electron chi connectivity index (χ2n) is 4.46. The Kier molecular flexibility index (Phi) is 4.62. The number of aryl methyl sites for hydroxylation is 2. The highest BCUT2D eigenvalue weighted by Crippen LogP contribution is 2.21. The van der Waals surface area contributed by atoms with Crippen LogP contribution >= 0.6 is 0 Å². The zero-order chi connectivity index (χ0) is 13.0. The van der Waals surface area contributed by atoms with Gasteiger partial charge in [0.25, 0.3) is 0 Å². The average molecular weight is 240 g/mol. The maximum Gasteiger partial charge on any atom is 0.312 e. The van der Waals surface area contributed by atoms with E-state index >= 15 is 0 Å². The predicted octanol–water partition coefficient (Wildman–Crippen LogP) is 1.80. The summed E-state index contributed by atoms with van der Waals surface area (Å²) in [5, 5.41) is 18.3. The van der Waals surface area contributed by atoms with Gasteiger partial charge in [0.1, 0.15) is 11.4 Å². The van der Waals surface area contributed by atoms with Crippen LogP contribution in [0, 0.1) is 24.0 Å². The molecule has 0 aromatic carbocycles. The fourth-order valence-corrected chi connectivity index (χ4v) is 1.79. The number of aromatic nitrogens is 2. The summed E-state index contributed by atoms with van der Waals surface area (Å²) in [6.07, 6.45) is 0.914. The van der Waals surface area contributed by atoms with Crippen molar-refractivity contribution in [3.05, 3.63) is 21.5 Å². The molecule has 0 atom stereocenters. The van der Waals surface area contributed by atoms with Gasteiger partial charge in [-0.2, -0.15) is 5.10 Å². The van der Waals surface area contributed by atoms with Crippen LogP contribution in [-0.2, 0) is 6.54 Å². The molecule has 0 aliphatic heterocycles. The van der Waals surface area contributed by atoms with Gasteiger partial charge in [-0.3, -0.25) is 14.8 Å². The number of nitrogens with one attached hydrogen (secondary N) is 1. The molecule has 0 aliphatic carbocycles. The summed E-state index contributed by atoms with van der Waals surface area (Å²) in [4.78, 5) is 10.5. The molecular formula is C11H20N4O2. The summed E-state index contributed by atoms with van der Waals surface area (Å²) in [6, 6.07) is 0.463. The predicted molar refractivity (Wildman–Crippen MR) is 66.1 cm³/mol. The van der Waals surface area contributed by atoms with Crippen molar-refractivity contribution >= 4 is 5.69 Å². The van der Waals surface area contributed by atoms with E-state index in [0.717, 1.165) is 13.0 Å². The van der Waals surface area contributed by atoms with Gasteiger partial charge in [0.15, 0.2) is 0 Å². The van der Waals surface area contributed by atoms with E-state index in [4.69, 9.17) is 0 Å². The third-order valence-electron chi connectivity index (χ3n) is 2.63. The molecule has 1 aromatic heterocycles. The molecule has 6 nitrogen and oxygen atoms in total. The van der Waals surface area contributed by atoms with Crippen molar-refractivity contribution in [3.8, 4) is 0 Å². The molecule has 0 bridgehead atoms. The van der Waals surface area contributed by atoms with E-state index in [1.54, 1.807) is 18.5 Å². The van der Waals surface area contributed by atoms with E-state index in [9.17, 15) is 10.1 Å². The molecule has 0 saturated carbocycles. The van der Waals surface area contributed by atoms with E-state index < -0.39 is 0 Å². The molecule has 0 spiro atoms. The third kappa shape index (κ3) is 3.52. The first-order valence-electron chi connectivity index (χ1n) is 5.85. The Labute approximate surface area is 101 Å². The smallest absolute Gasteiger partial charge is 0.312 e. The molecule has 0 amide bonds. The Morgan fingerprint density at radius 3 is 2.59 bits per heavy atom. The molecular weight excluding hydrogens is 220 g/mol. The second kappa shape index (κ2) is 5.77. The van der Waals surface area contributed by atoms with Gasteiger partial charge in [-0.25, -0.2) is 0 Å². The van der Waals surface area contributed by atoms with Gasteiger partial charge in [0.05, 0.1) is 4.92 Å². The van der Waals surface area contributed by atoms with Gasteiger partial charge in [-0.15, -0.1) is 0 Å². The molecule has 0 fully saturated rings. The Bertz CT molecular complexity index is 398. The zero-order valence-electron chi connectivity index (χ0n) is 10.9. The van der Waals surface area contributed by atoms with Gasteiger partial charge in [0.2, 0.25) is 0 Å². The lowest BCUT2D eigenvalue weighted by Crippen LogP contribution is -2.24. The first kappa shape index (κ1) is 13.6. The fourth-order valence-electron chi connectivity index (χ4n) is 1.79. The van der Waals surface area contributed by atoms with Crippen LogP contribution in [0.1, 0.15) is 31.7 Å². The van der Waals surface area contributed by atoms with Crippen LogP contribution in [0.5, 0.6) is 0 Å². The molecule has 0 saturated heterocycles. The van der Waals surface area contributed by atoms with Crippen molar-refractivity contribution in [1.29, 1.82) is 0 Å². The minimum atomic E-state index is -0.361. The first-order valence-corrected chi connectivity index (χ1v) is 5.85. The number of hydrogen-bond acceptors (Lipinski definition) is 4. The van der Waals surface area contributed by atoms with Crippen molar-refractivity contribution in [2.24, 2.45) is 0 Å². The quantitative estimate of drug-likeness (QED) is 0.467. The molecule has 0 aliphatic rings. The third-order valence-corrected chi connectivity index (χ3v) is 2.63. The van der Waals surface area contributed by atoms with Gasteiger partial charge < -0.3 is 5.32 Å². The van der Waals surface area contributed by atoms with Crippen LogP contribution in [0.3, 0.4) is 0 Å². The SMILES string of the molecule is Cc1nn(CCCNC(C)C)c(C)c1[N+](=O)[O-]. The molecule has 6 heteroatoms.